The summed E-state index contributed by atoms with van der Waals surface area (Å²) in [6.07, 6.45) is 0. The Kier molecular flexibility index (Phi) is 2.63. The second-order valence-corrected chi connectivity index (χ2v) is 4.84. The Morgan fingerprint density at radius 3 is 2.70 bits per heavy atom. The molecule has 0 radical (unpaired) electrons. The molecule has 0 amide bonds. The normalized spacial score (nSPS) is 11.2. The average Bonchev–Trinajstić information content (AvgIpc) is 2.92. The van der Waals surface area contributed by atoms with E-state index in [4.69, 9.17) is 0 Å². The van der Waals surface area contributed by atoms with Crippen molar-refractivity contribution in [2.24, 2.45) is 0 Å². The molecule has 3 rings (SSSR count). The molecule has 102 valence electrons. The first-order chi connectivity index (χ1) is 9.49. The molecule has 3 aromatic rings. The number of carbonyl (C=O) groups is 1. The van der Waals surface area contributed by atoms with E-state index in [-0.39, 0.29) is 5.78 Å². The number of rotatable bonds is 2. The number of aromatic amines is 1. The van der Waals surface area contributed by atoms with Gasteiger partial charge in [-0.3, -0.25) is 9.89 Å². The predicted octanol–water partition coefficient (Wildman–Crippen LogP) is 1.67. The molecule has 1 N–H and O–H groups in total. The zero-order chi connectivity index (χ0) is 14.4. The number of aryl methyl sites for hydroxylation is 2. The summed E-state index contributed by atoms with van der Waals surface area (Å²) < 4.78 is 1.57. The van der Waals surface area contributed by atoms with Gasteiger partial charge in [0.05, 0.1) is 11.1 Å². The average molecular weight is 270 g/mol. The Labute approximate surface area is 115 Å². The summed E-state index contributed by atoms with van der Waals surface area (Å²) in [5, 5.41) is 16.0. The van der Waals surface area contributed by atoms with Gasteiger partial charge in [-0.25, -0.2) is 4.98 Å². The van der Waals surface area contributed by atoms with Gasteiger partial charge in [0.2, 0.25) is 0 Å². The number of H-pyrrole nitrogens is 1. The van der Waals surface area contributed by atoms with Gasteiger partial charge in [-0.05, 0) is 32.4 Å². The number of ketones is 1. The summed E-state index contributed by atoms with van der Waals surface area (Å²) in [6, 6.07) is 1.99. The number of pyridine rings is 1. The Morgan fingerprint density at radius 2 is 2.05 bits per heavy atom. The third-order valence-electron chi connectivity index (χ3n) is 3.26. The molecule has 0 unspecified atom stereocenters. The highest BCUT2D eigenvalue weighted by Crippen LogP contribution is 2.23. The fourth-order valence-corrected chi connectivity index (χ4v) is 2.37. The third kappa shape index (κ3) is 1.70. The van der Waals surface area contributed by atoms with Crippen LogP contribution in [0.25, 0.3) is 16.9 Å². The fourth-order valence-electron chi connectivity index (χ4n) is 2.37. The lowest BCUT2D eigenvalue weighted by Gasteiger charge is -2.02. The van der Waals surface area contributed by atoms with Gasteiger partial charge < -0.3 is 0 Å². The lowest BCUT2D eigenvalue weighted by molar-refractivity contribution is 0.101. The van der Waals surface area contributed by atoms with Crippen molar-refractivity contribution in [2.75, 3.05) is 0 Å². The van der Waals surface area contributed by atoms with E-state index in [9.17, 15) is 4.79 Å². The summed E-state index contributed by atoms with van der Waals surface area (Å²) in [4.78, 5) is 15.9. The minimum atomic E-state index is -0.112. The first-order valence-corrected chi connectivity index (χ1v) is 6.25. The van der Waals surface area contributed by atoms with Gasteiger partial charge in [0.15, 0.2) is 22.9 Å². The van der Waals surface area contributed by atoms with Crippen LogP contribution in [0.1, 0.15) is 34.4 Å². The van der Waals surface area contributed by atoms with Crippen LogP contribution >= 0.6 is 0 Å². The Morgan fingerprint density at radius 1 is 1.30 bits per heavy atom. The van der Waals surface area contributed by atoms with Crippen molar-refractivity contribution in [3.8, 4) is 5.82 Å². The van der Waals surface area contributed by atoms with Crippen LogP contribution in [0.15, 0.2) is 6.07 Å². The summed E-state index contributed by atoms with van der Waals surface area (Å²) in [7, 11) is 0. The molecule has 0 aliphatic rings. The molecule has 0 aromatic carbocycles. The number of aromatic nitrogens is 6. The van der Waals surface area contributed by atoms with Gasteiger partial charge in [0, 0.05) is 12.6 Å². The molecule has 0 saturated carbocycles. The molecule has 20 heavy (non-hydrogen) atoms. The molecule has 7 nitrogen and oxygen atoms in total. The van der Waals surface area contributed by atoms with Crippen LogP contribution in [0.2, 0.25) is 0 Å². The Hall–Kier alpha value is -2.57. The van der Waals surface area contributed by atoms with Crippen LogP contribution < -0.4 is 0 Å². The number of nitrogens with zero attached hydrogens (tertiary/aromatic N) is 5. The smallest absolute Gasteiger partial charge is 0.186 e. The number of fused-ring (bicyclic) bond motifs is 1. The second-order valence-electron chi connectivity index (χ2n) is 4.84. The maximum atomic E-state index is 11.5. The topological polar surface area (TPSA) is 89.4 Å². The quantitative estimate of drug-likeness (QED) is 0.715. The Bertz CT molecular complexity index is 829. The molecule has 3 heterocycles. The summed E-state index contributed by atoms with van der Waals surface area (Å²) >= 11 is 0. The van der Waals surface area contributed by atoms with Crippen LogP contribution in [0.5, 0.6) is 0 Å². The minimum absolute atomic E-state index is 0.112. The third-order valence-corrected chi connectivity index (χ3v) is 3.26. The van der Waals surface area contributed by atoms with Crippen LogP contribution in [0, 0.1) is 20.8 Å². The van der Waals surface area contributed by atoms with E-state index in [1.54, 1.807) is 11.6 Å². The van der Waals surface area contributed by atoms with E-state index in [0.29, 0.717) is 22.9 Å². The molecular weight excluding hydrogens is 256 g/mol. The number of hydrogen-bond donors (Lipinski definition) is 1. The number of Topliss-reactive ketones (excluding diaryl/α,β-unsaturated/α-hetero) is 1. The van der Waals surface area contributed by atoms with Crippen LogP contribution in [-0.2, 0) is 0 Å². The van der Waals surface area contributed by atoms with E-state index >= 15 is 0 Å². The SMILES string of the molecule is CC(=O)c1nnn(-c2n[nH]c3nc(C)cc(C)c23)c1C. The van der Waals surface area contributed by atoms with Crippen molar-refractivity contribution in [3.63, 3.8) is 0 Å². The maximum Gasteiger partial charge on any atom is 0.186 e. The van der Waals surface area contributed by atoms with Crippen molar-refractivity contribution >= 4 is 16.8 Å². The van der Waals surface area contributed by atoms with Crippen LogP contribution in [-0.4, -0.2) is 36.0 Å². The Balaban J connectivity index is 2.28. The first-order valence-electron chi connectivity index (χ1n) is 6.25. The predicted molar refractivity (Wildman–Crippen MR) is 73.0 cm³/mol. The van der Waals surface area contributed by atoms with Gasteiger partial charge in [-0.2, -0.15) is 9.78 Å². The van der Waals surface area contributed by atoms with E-state index < -0.39 is 0 Å². The van der Waals surface area contributed by atoms with E-state index in [1.807, 2.05) is 19.9 Å². The van der Waals surface area contributed by atoms with Crippen molar-refractivity contribution in [3.05, 3.63) is 28.7 Å². The lowest BCUT2D eigenvalue weighted by Crippen LogP contribution is -2.02. The molecule has 0 aliphatic carbocycles. The largest absolute Gasteiger partial charge is 0.293 e. The highest BCUT2D eigenvalue weighted by Gasteiger charge is 2.18. The zero-order valence-corrected chi connectivity index (χ0v) is 11.7. The summed E-state index contributed by atoms with van der Waals surface area (Å²) in [5.41, 5.74) is 3.71. The van der Waals surface area contributed by atoms with Crippen molar-refractivity contribution < 1.29 is 4.79 Å². The number of nitrogens with one attached hydrogen (secondary N) is 1. The van der Waals surface area contributed by atoms with Gasteiger partial charge >= 0.3 is 0 Å². The van der Waals surface area contributed by atoms with E-state index in [0.717, 1.165) is 16.6 Å². The van der Waals surface area contributed by atoms with Crippen LogP contribution in [0.4, 0.5) is 0 Å². The van der Waals surface area contributed by atoms with E-state index in [2.05, 4.69) is 25.5 Å². The van der Waals surface area contributed by atoms with Crippen LogP contribution in [0.3, 0.4) is 0 Å². The molecule has 0 aliphatic heterocycles. The van der Waals surface area contributed by atoms with E-state index in [1.165, 1.54) is 6.92 Å². The van der Waals surface area contributed by atoms with Gasteiger partial charge in [0.1, 0.15) is 0 Å². The van der Waals surface area contributed by atoms with Gasteiger partial charge in [-0.1, -0.05) is 5.21 Å². The maximum absolute atomic E-state index is 11.5. The number of hydrogen-bond acceptors (Lipinski definition) is 5. The molecular formula is C13H14N6O. The van der Waals surface area contributed by atoms with Crippen molar-refractivity contribution in [2.45, 2.75) is 27.7 Å². The van der Waals surface area contributed by atoms with Crippen molar-refractivity contribution in [1.29, 1.82) is 0 Å². The molecule has 0 bridgehead atoms. The zero-order valence-electron chi connectivity index (χ0n) is 11.7. The molecule has 0 fully saturated rings. The van der Waals surface area contributed by atoms with Crippen molar-refractivity contribution in [1.82, 2.24) is 30.2 Å². The minimum Gasteiger partial charge on any atom is -0.293 e. The lowest BCUT2D eigenvalue weighted by atomic mass is 10.2. The summed E-state index contributed by atoms with van der Waals surface area (Å²) in [5.74, 6) is 0.502. The molecule has 3 aromatic heterocycles. The first kappa shape index (κ1) is 12.5. The van der Waals surface area contributed by atoms with Gasteiger partial charge in [0.25, 0.3) is 0 Å². The fraction of sp³-hybridized carbons (Fsp3) is 0.308. The molecule has 7 heteroatoms. The highest BCUT2D eigenvalue weighted by atomic mass is 16.1. The second kappa shape index (κ2) is 4.22. The molecule has 0 saturated heterocycles. The standard InChI is InChI=1S/C13H14N6O/c1-6-5-7(2)14-12-10(6)13(17-16-12)19-8(3)11(9(4)20)15-18-19/h5H,1-4H3,(H,14,16,17). The highest BCUT2D eigenvalue weighted by molar-refractivity contribution is 5.93. The monoisotopic (exact) mass is 270 g/mol. The number of carbonyl (C=O) groups excluding carboxylic acids is 1. The summed E-state index contributed by atoms with van der Waals surface area (Å²) in [6.45, 7) is 7.20. The molecule has 0 atom stereocenters. The molecule has 0 spiro atoms. The van der Waals surface area contributed by atoms with Gasteiger partial charge in [-0.15, -0.1) is 5.10 Å².